The first-order valence-electron chi connectivity index (χ1n) is 9.55. The topological polar surface area (TPSA) is 68.0 Å². The monoisotopic (exact) mass is 427 g/mol. The Labute approximate surface area is 170 Å². The van der Waals surface area contributed by atoms with E-state index in [0.29, 0.717) is 24.1 Å². The van der Waals surface area contributed by atoms with Gasteiger partial charge < -0.3 is 11.1 Å². The molecule has 0 unspecified atom stereocenters. The first kappa shape index (κ1) is 22.1. The zero-order valence-electron chi connectivity index (χ0n) is 16.3. The molecule has 1 aliphatic rings. The number of carbonyl (C=O) groups is 1. The summed E-state index contributed by atoms with van der Waals surface area (Å²) in [7, 11) is 0. The Morgan fingerprint density at radius 3 is 2.50 bits per heavy atom. The predicted molar refractivity (Wildman–Crippen MR) is 103 cm³/mol. The molecular weight excluding hydrogens is 405 g/mol. The third-order valence-electron chi connectivity index (χ3n) is 5.38. The van der Waals surface area contributed by atoms with E-state index in [1.165, 1.54) is 31.2 Å². The summed E-state index contributed by atoms with van der Waals surface area (Å²) in [5.41, 5.74) is 5.89. The first-order valence-corrected chi connectivity index (χ1v) is 9.55. The van der Waals surface area contributed by atoms with Crippen LogP contribution in [0.5, 0.6) is 0 Å². The highest BCUT2D eigenvalue weighted by molar-refractivity contribution is 5.95. The Balaban J connectivity index is 1.75. The lowest BCUT2D eigenvalue weighted by Gasteiger charge is -2.31. The van der Waals surface area contributed by atoms with Crippen molar-refractivity contribution in [3.8, 4) is 11.1 Å². The smallest absolute Gasteiger partial charge is 0.325 e. The van der Waals surface area contributed by atoms with Gasteiger partial charge in [-0.2, -0.15) is 13.2 Å². The molecule has 1 amide bonds. The van der Waals surface area contributed by atoms with Crippen LogP contribution in [-0.4, -0.2) is 22.9 Å². The number of rotatable bonds is 4. The van der Waals surface area contributed by atoms with E-state index in [4.69, 9.17) is 5.73 Å². The summed E-state index contributed by atoms with van der Waals surface area (Å²) in [6, 6.07) is 5.60. The van der Waals surface area contributed by atoms with Gasteiger partial charge in [-0.05, 0) is 49.4 Å². The summed E-state index contributed by atoms with van der Waals surface area (Å²) in [4.78, 5) is 16.3. The molecule has 9 heteroatoms. The van der Waals surface area contributed by atoms with Crippen LogP contribution >= 0.6 is 0 Å². The maximum absolute atomic E-state index is 13.6. The molecule has 0 radical (unpaired) electrons. The molecule has 2 aromatic rings. The summed E-state index contributed by atoms with van der Waals surface area (Å²) in [5.74, 6) is -4.04. The average molecular weight is 427 g/mol. The van der Waals surface area contributed by atoms with Gasteiger partial charge >= 0.3 is 6.18 Å². The third kappa shape index (κ3) is 4.95. The lowest BCUT2D eigenvalue weighted by atomic mass is 9.82. The molecule has 162 valence electrons. The lowest BCUT2D eigenvalue weighted by molar-refractivity contribution is -0.137. The van der Waals surface area contributed by atoms with Crippen LogP contribution in [0, 0.1) is 12.8 Å². The number of aryl methyl sites for hydroxylation is 1. The Morgan fingerprint density at radius 1 is 1.23 bits per heavy atom. The molecule has 1 fully saturated rings. The van der Waals surface area contributed by atoms with E-state index in [-0.39, 0.29) is 17.7 Å². The fourth-order valence-electron chi connectivity index (χ4n) is 3.84. The van der Waals surface area contributed by atoms with Crippen molar-refractivity contribution < 1.29 is 26.7 Å². The SMILES string of the molecule is Cc1nccc(C(F)(F)F)c1-c1ccc(NC(=O)[C@@H](N)[C@H]2CCCC(F)(F)C2)cc1. The van der Waals surface area contributed by atoms with Crippen molar-refractivity contribution in [1.82, 2.24) is 4.98 Å². The van der Waals surface area contributed by atoms with Gasteiger partial charge in [-0.3, -0.25) is 9.78 Å². The van der Waals surface area contributed by atoms with Crippen LogP contribution in [0.2, 0.25) is 0 Å². The molecule has 0 aliphatic heterocycles. The van der Waals surface area contributed by atoms with Crippen LogP contribution in [0.25, 0.3) is 11.1 Å². The summed E-state index contributed by atoms with van der Waals surface area (Å²) in [6.45, 7) is 1.49. The number of amides is 1. The fraction of sp³-hybridized carbons (Fsp3) is 0.429. The van der Waals surface area contributed by atoms with Crippen LogP contribution in [0.3, 0.4) is 0 Å². The molecule has 0 spiro atoms. The van der Waals surface area contributed by atoms with Gasteiger partial charge in [0.1, 0.15) is 0 Å². The zero-order chi connectivity index (χ0) is 22.1. The quantitative estimate of drug-likeness (QED) is 0.662. The zero-order valence-corrected chi connectivity index (χ0v) is 16.3. The molecule has 4 nitrogen and oxygen atoms in total. The molecule has 1 aromatic heterocycles. The largest absolute Gasteiger partial charge is 0.417 e. The Hall–Kier alpha value is -2.55. The number of hydrogen-bond acceptors (Lipinski definition) is 3. The molecule has 1 aromatic carbocycles. The second-order valence-electron chi connectivity index (χ2n) is 7.62. The van der Waals surface area contributed by atoms with Gasteiger partial charge in [0.15, 0.2) is 0 Å². The van der Waals surface area contributed by atoms with Crippen molar-refractivity contribution in [1.29, 1.82) is 0 Å². The summed E-state index contributed by atoms with van der Waals surface area (Å²) >= 11 is 0. The Bertz CT molecular complexity index is 912. The summed E-state index contributed by atoms with van der Waals surface area (Å²) < 4.78 is 67.2. The van der Waals surface area contributed by atoms with Crippen molar-refractivity contribution in [2.75, 3.05) is 5.32 Å². The van der Waals surface area contributed by atoms with Gasteiger partial charge in [-0.1, -0.05) is 12.1 Å². The van der Waals surface area contributed by atoms with Gasteiger partial charge in [0.05, 0.1) is 11.6 Å². The van der Waals surface area contributed by atoms with E-state index in [9.17, 15) is 26.7 Å². The fourth-order valence-corrected chi connectivity index (χ4v) is 3.84. The number of pyridine rings is 1. The molecule has 0 bridgehead atoms. The van der Waals surface area contributed by atoms with Crippen molar-refractivity contribution in [3.05, 3.63) is 47.8 Å². The molecule has 1 saturated carbocycles. The lowest BCUT2D eigenvalue weighted by Crippen LogP contribution is -2.45. The Kier molecular flexibility index (Phi) is 6.12. The standard InChI is InChI=1S/C21H22F5N3O/c1-12-17(16(8-10-28-12)21(24,25)26)13-4-6-15(7-5-13)29-19(30)18(27)14-3-2-9-20(22,23)11-14/h4-8,10,14,18H,2-3,9,11,27H2,1H3,(H,29,30)/t14-,18-/m0/s1. The molecule has 2 atom stereocenters. The number of nitrogens with zero attached hydrogens (tertiary/aromatic N) is 1. The van der Waals surface area contributed by atoms with Crippen molar-refractivity contribution in [2.45, 2.75) is 50.7 Å². The van der Waals surface area contributed by atoms with E-state index in [1.54, 1.807) is 0 Å². The molecular formula is C21H22F5N3O. The van der Waals surface area contributed by atoms with Crippen molar-refractivity contribution in [2.24, 2.45) is 11.7 Å². The summed E-state index contributed by atoms with van der Waals surface area (Å²) in [6.07, 6.45) is -3.31. The van der Waals surface area contributed by atoms with Gasteiger partial charge in [0.25, 0.3) is 0 Å². The number of nitrogens with two attached hydrogens (primary N) is 1. The second kappa shape index (κ2) is 8.29. The molecule has 30 heavy (non-hydrogen) atoms. The minimum Gasteiger partial charge on any atom is -0.325 e. The van der Waals surface area contributed by atoms with Gasteiger partial charge in [0.2, 0.25) is 11.8 Å². The van der Waals surface area contributed by atoms with Crippen LogP contribution in [-0.2, 0) is 11.0 Å². The van der Waals surface area contributed by atoms with E-state index in [0.717, 1.165) is 12.3 Å². The highest BCUT2D eigenvalue weighted by Crippen LogP contribution is 2.39. The number of hydrogen-bond donors (Lipinski definition) is 2. The van der Waals surface area contributed by atoms with Crippen LogP contribution in [0.1, 0.15) is 36.9 Å². The number of anilines is 1. The van der Waals surface area contributed by atoms with Gasteiger partial charge in [0, 0.05) is 36.0 Å². The van der Waals surface area contributed by atoms with E-state index in [2.05, 4.69) is 10.3 Å². The highest BCUT2D eigenvalue weighted by Gasteiger charge is 2.40. The number of carbonyl (C=O) groups excluding carboxylic acids is 1. The highest BCUT2D eigenvalue weighted by atomic mass is 19.4. The average Bonchev–Trinajstić information content (AvgIpc) is 2.66. The number of halogens is 5. The minimum absolute atomic E-state index is 0.0379. The number of benzene rings is 1. The first-order chi connectivity index (χ1) is 14.0. The number of alkyl halides is 5. The van der Waals surface area contributed by atoms with Gasteiger partial charge in [-0.15, -0.1) is 0 Å². The Morgan fingerprint density at radius 2 is 1.90 bits per heavy atom. The number of aromatic nitrogens is 1. The maximum Gasteiger partial charge on any atom is 0.417 e. The summed E-state index contributed by atoms with van der Waals surface area (Å²) in [5, 5.41) is 2.56. The van der Waals surface area contributed by atoms with Crippen LogP contribution in [0.15, 0.2) is 36.5 Å². The van der Waals surface area contributed by atoms with E-state index >= 15 is 0 Å². The van der Waals surface area contributed by atoms with E-state index in [1.807, 2.05) is 0 Å². The third-order valence-corrected chi connectivity index (χ3v) is 5.38. The molecule has 3 rings (SSSR count). The maximum atomic E-state index is 13.6. The normalized spacial score (nSPS) is 19.9. The van der Waals surface area contributed by atoms with Crippen molar-refractivity contribution >= 4 is 11.6 Å². The number of nitrogens with one attached hydrogen (secondary N) is 1. The molecule has 0 saturated heterocycles. The molecule has 1 heterocycles. The van der Waals surface area contributed by atoms with Gasteiger partial charge in [-0.25, -0.2) is 8.78 Å². The molecule has 3 N–H and O–H groups in total. The van der Waals surface area contributed by atoms with Crippen LogP contribution in [0.4, 0.5) is 27.6 Å². The molecule has 1 aliphatic carbocycles. The van der Waals surface area contributed by atoms with Crippen molar-refractivity contribution in [3.63, 3.8) is 0 Å². The second-order valence-corrected chi connectivity index (χ2v) is 7.62. The van der Waals surface area contributed by atoms with Crippen LogP contribution < -0.4 is 11.1 Å². The predicted octanol–water partition coefficient (Wildman–Crippen LogP) is 5.17. The minimum atomic E-state index is -4.54. The van der Waals surface area contributed by atoms with E-state index < -0.39 is 42.0 Å².